The maximum atomic E-state index is 12.5. The third-order valence-electron chi connectivity index (χ3n) is 5.43. The van der Waals surface area contributed by atoms with Crippen molar-refractivity contribution in [2.24, 2.45) is 0 Å². The van der Waals surface area contributed by atoms with Crippen molar-refractivity contribution in [1.29, 1.82) is 0 Å². The molecular formula is C24H43N5O5+2. The lowest BCUT2D eigenvalue weighted by Crippen LogP contribution is -3.12. The minimum atomic E-state index is -0.259. The van der Waals surface area contributed by atoms with Crippen molar-refractivity contribution in [2.45, 2.75) is 40.5 Å². The molecule has 0 aliphatic heterocycles. The third-order valence-corrected chi connectivity index (χ3v) is 5.43. The number of hydrogen-bond acceptors (Lipinski definition) is 5. The number of benzene rings is 1. The van der Waals surface area contributed by atoms with E-state index in [1.807, 2.05) is 26.0 Å². The Morgan fingerprint density at radius 3 is 2.18 bits per heavy atom. The van der Waals surface area contributed by atoms with Gasteiger partial charge in [-0.3, -0.25) is 14.4 Å². The predicted molar refractivity (Wildman–Crippen MR) is 132 cm³/mol. The van der Waals surface area contributed by atoms with Crippen molar-refractivity contribution in [1.82, 2.24) is 5.32 Å². The van der Waals surface area contributed by atoms with E-state index < -0.39 is 0 Å². The lowest BCUT2D eigenvalue weighted by atomic mass is 10.1. The second-order valence-electron chi connectivity index (χ2n) is 8.09. The molecule has 0 unspecified atom stereocenters. The fraction of sp³-hybridized carbons (Fsp3) is 0.625. The van der Waals surface area contributed by atoms with Gasteiger partial charge in [-0.05, 0) is 44.9 Å². The minimum absolute atomic E-state index is 0.0557. The lowest BCUT2D eigenvalue weighted by molar-refractivity contribution is -0.888. The quantitative estimate of drug-likeness (QED) is 0.187. The van der Waals surface area contributed by atoms with Gasteiger partial charge in [0.15, 0.2) is 6.54 Å². The summed E-state index contributed by atoms with van der Waals surface area (Å²) in [7, 11) is 0. The summed E-state index contributed by atoms with van der Waals surface area (Å²) in [6, 6.07) is 3.67. The highest BCUT2D eigenvalue weighted by Gasteiger charge is 2.16. The van der Waals surface area contributed by atoms with Gasteiger partial charge in [0, 0.05) is 30.8 Å². The molecule has 0 atom stereocenters. The summed E-state index contributed by atoms with van der Waals surface area (Å²) < 4.78 is 10.6. The van der Waals surface area contributed by atoms with Crippen LogP contribution in [0.15, 0.2) is 12.1 Å². The summed E-state index contributed by atoms with van der Waals surface area (Å²) in [5, 5.41) is 8.58. The molecular weight excluding hydrogens is 438 g/mol. The van der Waals surface area contributed by atoms with E-state index in [2.05, 4.69) is 35.5 Å². The zero-order valence-corrected chi connectivity index (χ0v) is 21.2. The summed E-state index contributed by atoms with van der Waals surface area (Å²) in [6.45, 7) is 13.1. The Hall–Kier alpha value is -2.53. The largest absolute Gasteiger partial charge is 0.377 e. The number of anilines is 2. The van der Waals surface area contributed by atoms with E-state index in [4.69, 9.17) is 9.47 Å². The first-order valence-electron chi connectivity index (χ1n) is 12.1. The molecule has 0 aromatic heterocycles. The number of rotatable bonds is 17. The first-order valence-corrected chi connectivity index (χ1v) is 12.1. The monoisotopic (exact) mass is 481 g/mol. The van der Waals surface area contributed by atoms with Gasteiger partial charge in [0.1, 0.15) is 0 Å². The van der Waals surface area contributed by atoms with E-state index >= 15 is 0 Å². The van der Waals surface area contributed by atoms with E-state index in [0.717, 1.165) is 30.8 Å². The molecule has 1 rings (SSSR count). The van der Waals surface area contributed by atoms with Crippen molar-refractivity contribution in [3.05, 3.63) is 23.3 Å². The predicted octanol–water partition coefficient (Wildman–Crippen LogP) is -0.723. The molecule has 192 valence electrons. The fourth-order valence-electron chi connectivity index (χ4n) is 3.30. The number of hydrogen-bond donors (Lipinski definition) is 5. The number of quaternary nitrogens is 2. The molecule has 3 amide bonds. The van der Waals surface area contributed by atoms with Crippen molar-refractivity contribution in [2.75, 3.05) is 69.8 Å². The van der Waals surface area contributed by atoms with Crippen LogP contribution in [0.25, 0.3) is 0 Å². The molecule has 34 heavy (non-hydrogen) atoms. The maximum Gasteiger partial charge on any atom is 0.279 e. The van der Waals surface area contributed by atoms with E-state index in [1.54, 1.807) is 0 Å². The number of ether oxygens (including phenoxy) is 2. The zero-order valence-electron chi connectivity index (χ0n) is 21.2. The van der Waals surface area contributed by atoms with Gasteiger partial charge in [0.2, 0.25) is 11.8 Å². The zero-order chi connectivity index (χ0) is 25.3. The van der Waals surface area contributed by atoms with Crippen molar-refractivity contribution < 1.29 is 34.5 Å². The first-order chi connectivity index (χ1) is 16.3. The van der Waals surface area contributed by atoms with E-state index in [0.29, 0.717) is 50.9 Å². The summed E-state index contributed by atoms with van der Waals surface area (Å²) in [5.41, 5.74) is 6.73. The molecule has 0 saturated heterocycles. The van der Waals surface area contributed by atoms with Crippen molar-refractivity contribution in [3.8, 4) is 0 Å². The summed E-state index contributed by atoms with van der Waals surface area (Å²) in [4.78, 5) is 38.0. The standard InChI is InChI=1S/C24H41N5O5/c1-5-29(6-2)17-23(32)28-24-18(3)7-8-20(19(24)4)27-22(31)10-9-21(30)26-12-14-34-16-15-33-13-11-25/h7-8H,5-6,9-17,25H2,1-4H3,(H,26,30)(H,27,31)(H,28,32)/p+2. The van der Waals surface area contributed by atoms with Crippen molar-refractivity contribution >= 4 is 29.1 Å². The molecule has 0 heterocycles. The van der Waals surface area contributed by atoms with Gasteiger partial charge in [-0.1, -0.05) is 6.07 Å². The molecule has 1 aromatic carbocycles. The van der Waals surface area contributed by atoms with Crippen molar-refractivity contribution in [3.63, 3.8) is 0 Å². The molecule has 0 fully saturated rings. The van der Waals surface area contributed by atoms with Crippen LogP contribution in [-0.2, 0) is 23.9 Å². The van der Waals surface area contributed by atoms with Gasteiger partial charge in [0.25, 0.3) is 5.91 Å². The van der Waals surface area contributed by atoms with Gasteiger partial charge in [0.05, 0.1) is 46.1 Å². The summed E-state index contributed by atoms with van der Waals surface area (Å²) >= 11 is 0. The lowest BCUT2D eigenvalue weighted by Gasteiger charge is -2.18. The average molecular weight is 482 g/mol. The number of aryl methyl sites for hydroxylation is 1. The number of nitrogens with one attached hydrogen (secondary N) is 4. The first kappa shape index (κ1) is 29.5. The second kappa shape index (κ2) is 17.0. The van der Waals surface area contributed by atoms with Gasteiger partial charge < -0.3 is 36.1 Å². The highest BCUT2D eigenvalue weighted by molar-refractivity contribution is 5.97. The van der Waals surface area contributed by atoms with E-state index in [1.165, 1.54) is 4.90 Å². The molecule has 0 aliphatic rings. The topological polar surface area (TPSA) is 138 Å². The molecule has 10 nitrogen and oxygen atoms in total. The Balaban J connectivity index is 2.45. The molecule has 0 spiro atoms. The highest BCUT2D eigenvalue weighted by Crippen LogP contribution is 2.27. The number of likely N-dealkylation sites (N-methyl/N-ethyl adjacent to an activating group) is 1. The Kier molecular flexibility index (Phi) is 14.7. The van der Waals surface area contributed by atoms with Gasteiger partial charge in [-0.2, -0.15) is 0 Å². The van der Waals surface area contributed by atoms with Crippen LogP contribution in [0.5, 0.6) is 0 Å². The van der Waals surface area contributed by atoms with Crippen LogP contribution in [0.3, 0.4) is 0 Å². The second-order valence-corrected chi connectivity index (χ2v) is 8.09. The number of amides is 3. The molecule has 0 radical (unpaired) electrons. The molecule has 10 heteroatoms. The Bertz CT molecular complexity index is 783. The third kappa shape index (κ3) is 11.6. The number of carbonyl (C=O) groups is 3. The Morgan fingerprint density at radius 1 is 0.882 bits per heavy atom. The SMILES string of the molecule is CC[NH+](CC)CC(=O)Nc1c(C)ccc(NC(=O)CCC(=O)NCCOCCOCC[NH3+])c1C. The van der Waals surface area contributed by atoms with Crippen LogP contribution in [0.2, 0.25) is 0 Å². The van der Waals surface area contributed by atoms with Gasteiger partial charge in [-0.15, -0.1) is 0 Å². The van der Waals surface area contributed by atoms with E-state index in [9.17, 15) is 14.4 Å². The Labute approximate surface area is 202 Å². The number of carbonyl (C=O) groups excluding carboxylic acids is 3. The van der Waals surface area contributed by atoms with Gasteiger partial charge in [-0.25, -0.2) is 0 Å². The van der Waals surface area contributed by atoms with Crippen LogP contribution < -0.4 is 26.6 Å². The van der Waals surface area contributed by atoms with Crippen LogP contribution in [0, 0.1) is 13.8 Å². The Morgan fingerprint density at radius 2 is 1.53 bits per heavy atom. The minimum Gasteiger partial charge on any atom is -0.377 e. The molecule has 0 bridgehead atoms. The van der Waals surface area contributed by atoms with E-state index in [-0.39, 0.29) is 30.6 Å². The van der Waals surface area contributed by atoms with Crippen LogP contribution in [-0.4, -0.2) is 76.9 Å². The van der Waals surface area contributed by atoms with Crippen LogP contribution in [0.4, 0.5) is 11.4 Å². The fourth-order valence-corrected chi connectivity index (χ4v) is 3.30. The summed E-state index contributed by atoms with van der Waals surface area (Å²) in [5.74, 6) is -0.523. The maximum absolute atomic E-state index is 12.5. The molecule has 0 saturated carbocycles. The molecule has 7 N–H and O–H groups in total. The average Bonchev–Trinajstić information content (AvgIpc) is 2.82. The highest BCUT2D eigenvalue weighted by atomic mass is 16.5. The normalized spacial score (nSPS) is 10.9. The molecule has 0 aliphatic carbocycles. The molecule has 1 aromatic rings. The van der Waals surface area contributed by atoms with Crippen LogP contribution in [0.1, 0.15) is 37.8 Å². The van der Waals surface area contributed by atoms with Gasteiger partial charge >= 0.3 is 0 Å². The summed E-state index contributed by atoms with van der Waals surface area (Å²) in [6.07, 6.45) is 0.144. The smallest absolute Gasteiger partial charge is 0.279 e. The van der Waals surface area contributed by atoms with Crippen LogP contribution >= 0.6 is 0 Å².